The number of hydrogen-bond donors (Lipinski definition) is 1. The zero-order valence-electron chi connectivity index (χ0n) is 11.7. The lowest BCUT2D eigenvalue weighted by Gasteiger charge is -2.12. The highest BCUT2D eigenvalue weighted by Gasteiger charge is 2.16. The third kappa shape index (κ3) is 2.23. The van der Waals surface area contributed by atoms with Gasteiger partial charge in [0.05, 0.1) is 5.69 Å². The Hall–Kier alpha value is -2.72. The highest BCUT2D eigenvalue weighted by Crippen LogP contribution is 2.39. The van der Waals surface area contributed by atoms with Crippen LogP contribution in [-0.4, -0.2) is 15.2 Å². The minimum absolute atomic E-state index is 0.922. The maximum absolute atomic E-state index is 4.45. The second kappa shape index (κ2) is 5.58. The maximum atomic E-state index is 4.45. The first-order valence-corrected chi connectivity index (χ1v) is 7.81. The van der Waals surface area contributed by atoms with Crippen LogP contribution in [0.3, 0.4) is 0 Å². The molecule has 0 spiro atoms. The summed E-state index contributed by atoms with van der Waals surface area (Å²) in [5.41, 5.74) is 5.27. The fraction of sp³-hybridized carbons (Fsp3) is 0. The molecule has 2 aromatic carbocycles. The van der Waals surface area contributed by atoms with Gasteiger partial charge < -0.3 is 0 Å². The first-order chi connectivity index (χ1) is 10.9. The Morgan fingerprint density at radius 2 is 1.95 bits per heavy atom. The monoisotopic (exact) mass is 302 g/mol. The number of aromatic nitrogens is 3. The molecule has 0 aliphatic rings. The summed E-state index contributed by atoms with van der Waals surface area (Å²) in [6, 6.07) is 19.6. The molecule has 1 N–H and O–H groups in total. The van der Waals surface area contributed by atoms with E-state index < -0.39 is 0 Å². The van der Waals surface area contributed by atoms with Gasteiger partial charge in [0.2, 0.25) is 0 Å². The minimum Gasteiger partial charge on any atom is -0.285 e. The van der Waals surface area contributed by atoms with E-state index in [-0.39, 0.29) is 0 Å². The molecule has 0 aliphatic heterocycles. The van der Waals surface area contributed by atoms with Crippen molar-refractivity contribution in [2.45, 2.75) is 0 Å². The fourth-order valence-electron chi connectivity index (χ4n) is 2.54. The smallest absolute Gasteiger partial charge is 0.124 e. The number of hydrogen-bond acceptors (Lipinski definition) is 3. The molecule has 2 aromatic heterocycles. The highest BCUT2D eigenvalue weighted by atomic mass is 32.1. The molecule has 0 saturated heterocycles. The number of nitrogens with one attached hydrogen (secondary N) is 1. The molecular weight excluding hydrogens is 290 g/mol. The molecule has 0 aliphatic carbocycles. The second-order valence-electron chi connectivity index (χ2n) is 4.80. The SMILES string of the molecule is [c]1ccc(-c2cc[nH]n2)c(-c2ccccc2)c1-c1nccs1. The summed E-state index contributed by atoms with van der Waals surface area (Å²) in [6.07, 6.45) is 3.66. The largest absolute Gasteiger partial charge is 0.285 e. The minimum atomic E-state index is 0.922. The van der Waals surface area contributed by atoms with Crippen LogP contribution in [0, 0.1) is 6.07 Å². The van der Waals surface area contributed by atoms with E-state index in [2.05, 4.69) is 39.4 Å². The van der Waals surface area contributed by atoms with Crippen LogP contribution in [0.15, 0.2) is 66.3 Å². The van der Waals surface area contributed by atoms with Crippen molar-refractivity contribution in [2.24, 2.45) is 0 Å². The molecule has 0 saturated carbocycles. The Balaban J connectivity index is 2.03. The number of thiazole rings is 1. The van der Waals surface area contributed by atoms with E-state index in [0.29, 0.717) is 0 Å². The zero-order valence-corrected chi connectivity index (χ0v) is 12.5. The molecule has 105 valence electrons. The van der Waals surface area contributed by atoms with Crippen LogP contribution in [0.4, 0.5) is 0 Å². The topological polar surface area (TPSA) is 41.6 Å². The van der Waals surface area contributed by atoms with Crippen LogP contribution in [0.1, 0.15) is 0 Å². The average Bonchev–Trinajstić information content (AvgIpc) is 3.28. The molecular formula is C18H12N3S. The molecule has 4 aromatic rings. The Kier molecular flexibility index (Phi) is 3.29. The van der Waals surface area contributed by atoms with Crippen LogP contribution in [0.2, 0.25) is 0 Å². The van der Waals surface area contributed by atoms with Crippen molar-refractivity contribution in [1.29, 1.82) is 0 Å². The van der Waals surface area contributed by atoms with Crippen LogP contribution < -0.4 is 0 Å². The zero-order chi connectivity index (χ0) is 14.8. The van der Waals surface area contributed by atoms with Crippen LogP contribution in [-0.2, 0) is 0 Å². The van der Waals surface area contributed by atoms with Crippen LogP contribution >= 0.6 is 11.3 Å². The first-order valence-electron chi connectivity index (χ1n) is 6.93. The Morgan fingerprint density at radius 3 is 2.68 bits per heavy atom. The molecule has 22 heavy (non-hydrogen) atoms. The quantitative estimate of drug-likeness (QED) is 0.597. The normalized spacial score (nSPS) is 10.7. The second-order valence-corrected chi connectivity index (χ2v) is 5.70. The third-order valence-electron chi connectivity index (χ3n) is 3.48. The molecule has 4 heteroatoms. The molecule has 4 rings (SSSR count). The van der Waals surface area contributed by atoms with E-state index in [1.807, 2.05) is 48.1 Å². The van der Waals surface area contributed by atoms with Gasteiger partial charge in [0, 0.05) is 34.5 Å². The van der Waals surface area contributed by atoms with Gasteiger partial charge in [0.25, 0.3) is 0 Å². The van der Waals surface area contributed by atoms with Crippen molar-refractivity contribution in [3.05, 3.63) is 72.4 Å². The maximum Gasteiger partial charge on any atom is 0.124 e. The average molecular weight is 302 g/mol. The summed E-state index contributed by atoms with van der Waals surface area (Å²) in [5, 5.41) is 10.2. The molecule has 1 radical (unpaired) electrons. The standard InChI is InChI=1S/C18H12N3S/c1-2-5-13(6-3-1)17-14(16-9-10-20-21-16)7-4-8-15(17)18-19-11-12-22-18/h1-7,9-12H,(H,20,21). The number of H-pyrrole nitrogens is 1. The van der Waals surface area contributed by atoms with Gasteiger partial charge in [-0.25, -0.2) is 4.98 Å². The highest BCUT2D eigenvalue weighted by molar-refractivity contribution is 7.13. The van der Waals surface area contributed by atoms with Crippen molar-refractivity contribution < 1.29 is 0 Å². The van der Waals surface area contributed by atoms with Crippen molar-refractivity contribution in [3.63, 3.8) is 0 Å². The number of rotatable bonds is 3. The molecule has 2 heterocycles. The van der Waals surface area contributed by atoms with E-state index in [0.717, 1.165) is 33.0 Å². The Labute approximate surface area is 132 Å². The van der Waals surface area contributed by atoms with Gasteiger partial charge in [-0.05, 0) is 17.7 Å². The van der Waals surface area contributed by atoms with Gasteiger partial charge in [-0.3, -0.25) is 5.10 Å². The predicted octanol–water partition coefficient (Wildman–Crippen LogP) is 4.67. The number of nitrogens with zero attached hydrogens (tertiary/aromatic N) is 2. The summed E-state index contributed by atoms with van der Waals surface area (Å²) in [7, 11) is 0. The van der Waals surface area contributed by atoms with Gasteiger partial charge in [0.15, 0.2) is 0 Å². The lowest BCUT2D eigenvalue weighted by atomic mass is 9.93. The summed E-state index contributed by atoms with van der Waals surface area (Å²) < 4.78 is 0. The van der Waals surface area contributed by atoms with E-state index in [1.54, 1.807) is 11.3 Å². The van der Waals surface area contributed by atoms with Gasteiger partial charge in [-0.15, -0.1) is 11.3 Å². The van der Waals surface area contributed by atoms with Gasteiger partial charge in [0.1, 0.15) is 5.01 Å². The van der Waals surface area contributed by atoms with Crippen LogP contribution in [0.5, 0.6) is 0 Å². The molecule has 0 amide bonds. The van der Waals surface area contributed by atoms with Crippen molar-refractivity contribution in [3.8, 4) is 33.0 Å². The third-order valence-corrected chi connectivity index (χ3v) is 4.27. The van der Waals surface area contributed by atoms with Crippen molar-refractivity contribution in [1.82, 2.24) is 15.2 Å². The van der Waals surface area contributed by atoms with E-state index in [4.69, 9.17) is 0 Å². The van der Waals surface area contributed by atoms with Gasteiger partial charge >= 0.3 is 0 Å². The Bertz CT molecular complexity index is 814. The number of benzene rings is 2. The summed E-state index contributed by atoms with van der Waals surface area (Å²) in [4.78, 5) is 4.45. The van der Waals surface area contributed by atoms with Crippen molar-refractivity contribution in [2.75, 3.05) is 0 Å². The van der Waals surface area contributed by atoms with E-state index in [1.165, 1.54) is 0 Å². The lowest BCUT2D eigenvalue weighted by molar-refractivity contribution is 1.10. The van der Waals surface area contributed by atoms with Crippen LogP contribution in [0.25, 0.3) is 33.0 Å². The molecule has 0 fully saturated rings. The summed E-state index contributed by atoms with van der Waals surface area (Å²) in [5.74, 6) is 0. The van der Waals surface area contributed by atoms with E-state index in [9.17, 15) is 0 Å². The van der Waals surface area contributed by atoms with E-state index >= 15 is 0 Å². The first kappa shape index (κ1) is 13.0. The van der Waals surface area contributed by atoms with Crippen molar-refractivity contribution >= 4 is 11.3 Å². The summed E-state index contributed by atoms with van der Waals surface area (Å²) >= 11 is 1.62. The fourth-order valence-corrected chi connectivity index (χ4v) is 3.19. The molecule has 0 bridgehead atoms. The predicted molar refractivity (Wildman–Crippen MR) is 89.4 cm³/mol. The molecule has 0 atom stereocenters. The molecule has 3 nitrogen and oxygen atoms in total. The summed E-state index contributed by atoms with van der Waals surface area (Å²) in [6.45, 7) is 0. The Morgan fingerprint density at radius 1 is 1.05 bits per heavy atom. The van der Waals surface area contributed by atoms with Gasteiger partial charge in [-0.2, -0.15) is 5.10 Å². The van der Waals surface area contributed by atoms with Gasteiger partial charge in [-0.1, -0.05) is 42.5 Å². The molecule has 0 unspecified atom stereocenters. The number of aromatic amines is 1. The lowest BCUT2D eigenvalue weighted by Crippen LogP contribution is -1.90.